The van der Waals surface area contributed by atoms with E-state index < -0.39 is 31.1 Å². The first-order valence-corrected chi connectivity index (χ1v) is 6.41. The Morgan fingerprint density at radius 3 is 2.67 bits per heavy atom. The molecule has 3 N–H and O–H groups in total. The van der Waals surface area contributed by atoms with Gasteiger partial charge in [-0.25, -0.2) is 9.59 Å². The van der Waals surface area contributed by atoms with Gasteiger partial charge in [-0.3, -0.25) is 10.1 Å². The summed E-state index contributed by atoms with van der Waals surface area (Å²) in [5.74, 6) is -1.92. The Morgan fingerprint density at radius 1 is 1.33 bits per heavy atom. The standard InChI is InChI=1S/C13H15ClN2O5/c1-8(9-3-2-4-10(14)5-9)15-13(20)16-11(17)6-21-7-12(18)19/h2-5,8H,6-7H2,1H3,(H,18,19)(H2,15,16,17,20). The van der Waals surface area contributed by atoms with Crippen LogP contribution in [-0.4, -0.2) is 36.2 Å². The predicted molar refractivity (Wildman–Crippen MR) is 75.0 cm³/mol. The van der Waals surface area contributed by atoms with Crippen molar-refractivity contribution in [1.29, 1.82) is 0 Å². The number of benzene rings is 1. The lowest BCUT2D eigenvalue weighted by atomic mass is 10.1. The lowest BCUT2D eigenvalue weighted by Crippen LogP contribution is -2.42. The van der Waals surface area contributed by atoms with Crippen LogP contribution in [0.5, 0.6) is 0 Å². The summed E-state index contributed by atoms with van der Waals surface area (Å²) in [5.41, 5.74) is 0.784. The fourth-order valence-corrected chi connectivity index (χ4v) is 1.68. The minimum absolute atomic E-state index is 0.351. The molecule has 8 heteroatoms. The summed E-state index contributed by atoms with van der Waals surface area (Å²) >= 11 is 5.85. The molecule has 0 spiro atoms. The molecule has 0 aliphatic rings. The van der Waals surface area contributed by atoms with Crippen LogP contribution < -0.4 is 10.6 Å². The number of halogens is 1. The number of aliphatic carboxylic acids is 1. The first kappa shape index (κ1) is 16.9. The number of carboxylic acids is 1. The van der Waals surface area contributed by atoms with Crippen LogP contribution in [0.2, 0.25) is 5.02 Å². The molecule has 0 saturated heterocycles. The third-order valence-corrected chi connectivity index (χ3v) is 2.64. The normalized spacial score (nSPS) is 11.5. The summed E-state index contributed by atoms with van der Waals surface area (Å²) in [5, 5.41) is 13.5. The molecule has 1 unspecified atom stereocenters. The van der Waals surface area contributed by atoms with Gasteiger partial charge in [-0.2, -0.15) is 0 Å². The third-order valence-electron chi connectivity index (χ3n) is 2.41. The second kappa shape index (κ2) is 8.23. The van der Waals surface area contributed by atoms with E-state index >= 15 is 0 Å². The number of hydrogen-bond acceptors (Lipinski definition) is 4. The highest BCUT2D eigenvalue weighted by Crippen LogP contribution is 2.16. The van der Waals surface area contributed by atoms with E-state index in [1.807, 2.05) is 5.32 Å². The average molecular weight is 315 g/mol. The first-order valence-electron chi connectivity index (χ1n) is 6.04. The fourth-order valence-electron chi connectivity index (χ4n) is 1.49. The van der Waals surface area contributed by atoms with Crippen molar-refractivity contribution in [2.75, 3.05) is 13.2 Å². The molecule has 1 atom stereocenters. The molecular formula is C13H15ClN2O5. The van der Waals surface area contributed by atoms with Gasteiger partial charge in [-0.1, -0.05) is 23.7 Å². The van der Waals surface area contributed by atoms with E-state index in [1.54, 1.807) is 31.2 Å². The van der Waals surface area contributed by atoms with Gasteiger partial charge in [0.1, 0.15) is 13.2 Å². The molecule has 1 aromatic carbocycles. The van der Waals surface area contributed by atoms with Crippen molar-refractivity contribution in [2.45, 2.75) is 13.0 Å². The van der Waals surface area contributed by atoms with Crippen LogP contribution in [0.4, 0.5) is 4.79 Å². The van der Waals surface area contributed by atoms with Gasteiger partial charge in [0.05, 0.1) is 6.04 Å². The molecule has 0 fully saturated rings. The van der Waals surface area contributed by atoms with E-state index in [1.165, 1.54) is 0 Å². The maximum absolute atomic E-state index is 11.6. The highest BCUT2D eigenvalue weighted by molar-refractivity contribution is 6.30. The van der Waals surface area contributed by atoms with Gasteiger partial charge in [0, 0.05) is 5.02 Å². The number of ether oxygens (including phenoxy) is 1. The van der Waals surface area contributed by atoms with Crippen LogP contribution in [0.25, 0.3) is 0 Å². The molecule has 0 heterocycles. The van der Waals surface area contributed by atoms with Crippen LogP contribution in [0.3, 0.4) is 0 Å². The quantitative estimate of drug-likeness (QED) is 0.734. The van der Waals surface area contributed by atoms with Crippen molar-refractivity contribution in [1.82, 2.24) is 10.6 Å². The molecule has 0 radical (unpaired) electrons. The van der Waals surface area contributed by atoms with Crippen molar-refractivity contribution < 1.29 is 24.2 Å². The molecule has 21 heavy (non-hydrogen) atoms. The molecule has 0 saturated carbocycles. The van der Waals surface area contributed by atoms with Crippen LogP contribution >= 0.6 is 11.6 Å². The van der Waals surface area contributed by atoms with Crippen molar-refractivity contribution in [3.05, 3.63) is 34.9 Å². The van der Waals surface area contributed by atoms with Gasteiger partial charge >= 0.3 is 12.0 Å². The van der Waals surface area contributed by atoms with Crippen molar-refractivity contribution in [3.63, 3.8) is 0 Å². The molecule has 0 bridgehead atoms. The largest absolute Gasteiger partial charge is 0.480 e. The Labute approximate surface area is 126 Å². The zero-order valence-electron chi connectivity index (χ0n) is 11.3. The van der Waals surface area contributed by atoms with Crippen molar-refractivity contribution >= 4 is 29.5 Å². The SMILES string of the molecule is CC(NC(=O)NC(=O)COCC(=O)O)c1cccc(Cl)c1. The zero-order chi connectivity index (χ0) is 15.8. The number of nitrogens with one attached hydrogen (secondary N) is 2. The van der Waals surface area contributed by atoms with Crippen molar-refractivity contribution in [3.8, 4) is 0 Å². The molecule has 0 aliphatic heterocycles. The number of imide groups is 1. The minimum Gasteiger partial charge on any atom is -0.480 e. The number of urea groups is 1. The summed E-state index contributed by atoms with van der Waals surface area (Å²) in [6, 6.07) is 5.89. The Hall–Kier alpha value is -2.12. The predicted octanol–water partition coefficient (Wildman–Crippen LogP) is 1.33. The lowest BCUT2D eigenvalue weighted by Gasteiger charge is -2.14. The van der Waals surface area contributed by atoms with Gasteiger partial charge in [-0.05, 0) is 24.6 Å². The summed E-state index contributed by atoms with van der Waals surface area (Å²) in [6.07, 6.45) is 0. The summed E-state index contributed by atoms with van der Waals surface area (Å²) in [7, 11) is 0. The Morgan fingerprint density at radius 2 is 2.05 bits per heavy atom. The summed E-state index contributed by atoms with van der Waals surface area (Å²) in [4.78, 5) is 33.1. The molecule has 1 rings (SSSR count). The number of hydrogen-bond donors (Lipinski definition) is 3. The number of carbonyl (C=O) groups is 3. The van der Waals surface area contributed by atoms with Gasteiger partial charge < -0.3 is 15.2 Å². The molecule has 0 aromatic heterocycles. The topological polar surface area (TPSA) is 105 Å². The zero-order valence-corrected chi connectivity index (χ0v) is 12.0. The van der Waals surface area contributed by atoms with E-state index in [4.69, 9.17) is 16.7 Å². The van der Waals surface area contributed by atoms with E-state index in [0.29, 0.717) is 5.02 Å². The van der Waals surface area contributed by atoms with E-state index in [-0.39, 0.29) is 6.04 Å². The third kappa shape index (κ3) is 6.73. The number of carboxylic acid groups (broad SMARTS) is 1. The molecule has 7 nitrogen and oxygen atoms in total. The maximum Gasteiger partial charge on any atom is 0.329 e. The highest BCUT2D eigenvalue weighted by Gasteiger charge is 2.12. The minimum atomic E-state index is -1.19. The number of rotatable bonds is 6. The van der Waals surface area contributed by atoms with Gasteiger partial charge in [0.2, 0.25) is 0 Å². The van der Waals surface area contributed by atoms with Crippen LogP contribution in [-0.2, 0) is 14.3 Å². The maximum atomic E-state index is 11.6. The fraction of sp³-hybridized carbons (Fsp3) is 0.308. The smallest absolute Gasteiger partial charge is 0.329 e. The summed E-state index contributed by atoms with van der Waals surface area (Å²) < 4.78 is 4.55. The molecule has 114 valence electrons. The van der Waals surface area contributed by atoms with Gasteiger partial charge in [0.15, 0.2) is 0 Å². The van der Waals surface area contributed by atoms with Gasteiger partial charge in [0.25, 0.3) is 5.91 Å². The van der Waals surface area contributed by atoms with Gasteiger partial charge in [-0.15, -0.1) is 0 Å². The van der Waals surface area contributed by atoms with E-state index in [0.717, 1.165) is 5.56 Å². The second-order valence-corrected chi connectivity index (χ2v) is 4.62. The number of amides is 3. The highest BCUT2D eigenvalue weighted by atomic mass is 35.5. The molecule has 3 amide bonds. The number of carbonyl (C=O) groups excluding carboxylic acids is 2. The Bertz CT molecular complexity index is 535. The lowest BCUT2D eigenvalue weighted by molar-refractivity contribution is -0.143. The molecular weight excluding hydrogens is 300 g/mol. The molecule has 1 aromatic rings. The summed E-state index contributed by atoms with van der Waals surface area (Å²) in [6.45, 7) is 0.621. The van der Waals surface area contributed by atoms with E-state index in [2.05, 4.69) is 10.1 Å². The van der Waals surface area contributed by atoms with Crippen LogP contribution in [0.15, 0.2) is 24.3 Å². The average Bonchev–Trinajstić information content (AvgIpc) is 2.37. The van der Waals surface area contributed by atoms with Crippen LogP contribution in [0.1, 0.15) is 18.5 Å². The van der Waals surface area contributed by atoms with E-state index in [9.17, 15) is 14.4 Å². The monoisotopic (exact) mass is 314 g/mol. The molecule has 0 aliphatic carbocycles. The van der Waals surface area contributed by atoms with Crippen molar-refractivity contribution in [2.24, 2.45) is 0 Å². The Kier molecular flexibility index (Phi) is 6.64. The second-order valence-electron chi connectivity index (χ2n) is 4.18. The van der Waals surface area contributed by atoms with Crippen LogP contribution in [0, 0.1) is 0 Å². The Balaban J connectivity index is 2.39. The first-order chi connectivity index (χ1) is 9.88.